The molecule has 1 amide bonds. The summed E-state index contributed by atoms with van der Waals surface area (Å²) in [5.41, 5.74) is 0.0176. The van der Waals surface area contributed by atoms with Crippen LogP contribution in [0.3, 0.4) is 0 Å². The van der Waals surface area contributed by atoms with Crippen LogP contribution in [0, 0.1) is 16.0 Å². The number of para-hydroxylation sites is 1. The average Bonchev–Trinajstić information content (AvgIpc) is 2.48. The minimum absolute atomic E-state index is 0.0343. The summed E-state index contributed by atoms with van der Waals surface area (Å²) in [5, 5.41) is 13.8. The standard InChI is InChI=1S/C15H22N2O4/c1-4-11(5-2)10-16-15(18)12-8-7-9-13(17(19)20)14(12)21-6-3/h7-9,11H,4-6,10H2,1-3H3,(H,16,18). The number of benzene rings is 1. The molecule has 0 spiro atoms. The largest absolute Gasteiger partial charge is 0.487 e. The number of amides is 1. The van der Waals surface area contributed by atoms with E-state index in [1.54, 1.807) is 13.0 Å². The van der Waals surface area contributed by atoms with E-state index in [9.17, 15) is 14.9 Å². The third kappa shape index (κ3) is 4.44. The molecular formula is C15H22N2O4. The zero-order valence-corrected chi connectivity index (χ0v) is 12.7. The summed E-state index contributed by atoms with van der Waals surface area (Å²) >= 11 is 0. The van der Waals surface area contributed by atoms with E-state index in [-0.39, 0.29) is 29.5 Å². The number of carbonyl (C=O) groups is 1. The van der Waals surface area contributed by atoms with E-state index in [1.807, 2.05) is 0 Å². The normalized spacial score (nSPS) is 10.5. The predicted molar refractivity (Wildman–Crippen MR) is 80.7 cm³/mol. The van der Waals surface area contributed by atoms with Crippen LogP contribution < -0.4 is 10.1 Å². The lowest BCUT2D eigenvalue weighted by molar-refractivity contribution is -0.385. The highest BCUT2D eigenvalue weighted by molar-refractivity contribution is 5.98. The van der Waals surface area contributed by atoms with E-state index in [2.05, 4.69) is 19.2 Å². The predicted octanol–water partition coefficient (Wildman–Crippen LogP) is 3.16. The van der Waals surface area contributed by atoms with E-state index in [4.69, 9.17) is 4.74 Å². The molecule has 0 fully saturated rings. The van der Waals surface area contributed by atoms with Crippen molar-refractivity contribution in [2.75, 3.05) is 13.2 Å². The van der Waals surface area contributed by atoms with Gasteiger partial charge in [0.2, 0.25) is 5.75 Å². The molecule has 0 unspecified atom stereocenters. The maximum Gasteiger partial charge on any atom is 0.311 e. The molecule has 21 heavy (non-hydrogen) atoms. The number of nitrogens with one attached hydrogen (secondary N) is 1. The highest BCUT2D eigenvalue weighted by Crippen LogP contribution is 2.30. The molecule has 6 heteroatoms. The van der Waals surface area contributed by atoms with Gasteiger partial charge >= 0.3 is 5.69 Å². The van der Waals surface area contributed by atoms with Crippen LogP contribution in [-0.4, -0.2) is 24.0 Å². The second kappa shape index (κ2) is 8.24. The first-order valence-electron chi connectivity index (χ1n) is 7.23. The molecule has 0 aromatic heterocycles. The van der Waals surface area contributed by atoms with Crippen molar-refractivity contribution in [1.29, 1.82) is 0 Å². The molecule has 6 nitrogen and oxygen atoms in total. The fourth-order valence-electron chi connectivity index (χ4n) is 2.05. The van der Waals surface area contributed by atoms with Crippen LogP contribution in [0.2, 0.25) is 0 Å². The highest BCUT2D eigenvalue weighted by atomic mass is 16.6. The van der Waals surface area contributed by atoms with Crippen LogP contribution in [0.15, 0.2) is 18.2 Å². The van der Waals surface area contributed by atoms with Gasteiger partial charge in [0.1, 0.15) is 0 Å². The molecule has 0 bridgehead atoms. The second-order valence-corrected chi connectivity index (χ2v) is 4.74. The number of rotatable bonds is 8. The quantitative estimate of drug-likeness (QED) is 0.590. The van der Waals surface area contributed by atoms with Gasteiger partial charge in [-0.15, -0.1) is 0 Å². The number of carbonyl (C=O) groups excluding carboxylic acids is 1. The molecule has 0 saturated heterocycles. The Morgan fingerprint density at radius 3 is 2.52 bits per heavy atom. The van der Waals surface area contributed by atoms with Crippen LogP contribution in [-0.2, 0) is 0 Å². The lowest BCUT2D eigenvalue weighted by atomic mass is 10.0. The molecule has 0 aliphatic carbocycles. The molecule has 0 heterocycles. The molecule has 0 aliphatic rings. The Balaban J connectivity index is 2.97. The van der Waals surface area contributed by atoms with Crippen LogP contribution in [0.4, 0.5) is 5.69 Å². The van der Waals surface area contributed by atoms with Gasteiger partial charge in [0, 0.05) is 12.6 Å². The minimum atomic E-state index is -0.539. The Bertz CT molecular complexity index is 498. The summed E-state index contributed by atoms with van der Waals surface area (Å²) in [7, 11) is 0. The lowest BCUT2D eigenvalue weighted by Gasteiger charge is -2.15. The number of nitro benzene ring substituents is 1. The zero-order valence-electron chi connectivity index (χ0n) is 12.7. The summed E-state index contributed by atoms with van der Waals surface area (Å²) in [6, 6.07) is 4.37. The van der Waals surface area contributed by atoms with Crippen LogP contribution >= 0.6 is 0 Å². The monoisotopic (exact) mass is 294 g/mol. The molecule has 0 atom stereocenters. The Kier molecular flexibility index (Phi) is 6.65. The fourth-order valence-corrected chi connectivity index (χ4v) is 2.05. The maximum atomic E-state index is 12.2. The van der Waals surface area contributed by atoms with Gasteiger partial charge in [0.05, 0.1) is 17.1 Å². The Hall–Kier alpha value is -2.11. The number of nitrogens with zero attached hydrogens (tertiary/aromatic N) is 1. The summed E-state index contributed by atoms with van der Waals surface area (Å²) in [4.78, 5) is 22.7. The highest BCUT2D eigenvalue weighted by Gasteiger charge is 2.23. The van der Waals surface area contributed by atoms with Crippen molar-refractivity contribution in [1.82, 2.24) is 5.32 Å². The second-order valence-electron chi connectivity index (χ2n) is 4.74. The van der Waals surface area contributed by atoms with E-state index in [0.29, 0.717) is 12.5 Å². The van der Waals surface area contributed by atoms with Gasteiger partial charge in [-0.05, 0) is 18.9 Å². The topological polar surface area (TPSA) is 81.5 Å². The van der Waals surface area contributed by atoms with Crippen molar-refractivity contribution < 1.29 is 14.5 Å². The Morgan fingerprint density at radius 2 is 2.00 bits per heavy atom. The van der Waals surface area contributed by atoms with Gasteiger partial charge in [-0.3, -0.25) is 14.9 Å². The van der Waals surface area contributed by atoms with E-state index in [0.717, 1.165) is 12.8 Å². The third-order valence-electron chi connectivity index (χ3n) is 3.43. The van der Waals surface area contributed by atoms with Gasteiger partial charge in [-0.2, -0.15) is 0 Å². The summed E-state index contributed by atoms with van der Waals surface area (Å²) in [5.74, 6) is 0.101. The smallest absolute Gasteiger partial charge is 0.311 e. The van der Waals surface area contributed by atoms with Crippen molar-refractivity contribution in [3.8, 4) is 5.75 Å². The van der Waals surface area contributed by atoms with Crippen molar-refractivity contribution >= 4 is 11.6 Å². The number of ether oxygens (including phenoxy) is 1. The molecule has 1 aromatic rings. The fraction of sp³-hybridized carbons (Fsp3) is 0.533. The number of hydrogen-bond acceptors (Lipinski definition) is 4. The van der Waals surface area contributed by atoms with E-state index in [1.165, 1.54) is 12.1 Å². The lowest BCUT2D eigenvalue weighted by Crippen LogP contribution is -2.29. The molecule has 0 radical (unpaired) electrons. The number of hydrogen-bond donors (Lipinski definition) is 1. The summed E-state index contributed by atoms with van der Waals surface area (Å²) < 4.78 is 5.31. The van der Waals surface area contributed by atoms with Crippen LogP contribution in [0.1, 0.15) is 44.0 Å². The third-order valence-corrected chi connectivity index (χ3v) is 3.43. The first kappa shape index (κ1) is 16.9. The first-order chi connectivity index (χ1) is 10.0. The van der Waals surface area contributed by atoms with Crippen molar-refractivity contribution in [2.45, 2.75) is 33.6 Å². The van der Waals surface area contributed by atoms with Crippen molar-refractivity contribution in [2.24, 2.45) is 5.92 Å². The van der Waals surface area contributed by atoms with Crippen LogP contribution in [0.25, 0.3) is 0 Å². The minimum Gasteiger partial charge on any atom is -0.487 e. The molecule has 1 rings (SSSR count). The van der Waals surface area contributed by atoms with Gasteiger partial charge in [-0.1, -0.05) is 32.8 Å². The Morgan fingerprint density at radius 1 is 1.33 bits per heavy atom. The summed E-state index contributed by atoms with van der Waals surface area (Å²) in [6.45, 7) is 6.68. The van der Waals surface area contributed by atoms with E-state index >= 15 is 0 Å². The first-order valence-corrected chi connectivity index (χ1v) is 7.23. The Labute approximate surface area is 124 Å². The molecule has 1 N–H and O–H groups in total. The van der Waals surface area contributed by atoms with Gasteiger partial charge in [-0.25, -0.2) is 0 Å². The summed E-state index contributed by atoms with van der Waals surface area (Å²) in [6.07, 6.45) is 1.95. The maximum absolute atomic E-state index is 12.2. The van der Waals surface area contributed by atoms with Gasteiger partial charge in [0.25, 0.3) is 5.91 Å². The van der Waals surface area contributed by atoms with E-state index < -0.39 is 4.92 Å². The van der Waals surface area contributed by atoms with Gasteiger partial charge in [0.15, 0.2) is 0 Å². The molecule has 0 aliphatic heterocycles. The molecule has 1 aromatic carbocycles. The molecule has 116 valence electrons. The zero-order chi connectivity index (χ0) is 15.8. The molecule has 0 saturated carbocycles. The van der Waals surface area contributed by atoms with Crippen molar-refractivity contribution in [3.63, 3.8) is 0 Å². The molecular weight excluding hydrogens is 272 g/mol. The van der Waals surface area contributed by atoms with Gasteiger partial charge < -0.3 is 10.1 Å². The average molecular weight is 294 g/mol. The van der Waals surface area contributed by atoms with Crippen LogP contribution in [0.5, 0.6) is 5.75 Å². The SMILES string of the molecule is CCOc1c(C(=O)NCC(CC)CC)cccc1[N+](=O)[O-]. The number of nitro groups is 1. The van der Waals surface area contributed by atoms with Crippen molar-refractivity contribution in [3.05, 3.63) is 33.9 Å².